The van der Waals surface area contributed by atoms with E-state index in [-0.39, 0.29) is 6.04 Å². The molecule has 1 aromatic heterocycles. The van der Waals surface area contributed by atoms with Crippen LogP contribution in [0.3, 0.4) is 0 Å². The van der Waals surface area contributed by atoms with Crippen LogP contribution >= 0.6 is 11.6 Å². The molecule has 0 bridgehead atoms. The molecule has 1 aromatic carbocycles. The zero-order chi connectivity index (χ0) is 15.6. The molecule has 0 fully saturated rings. The van der Waals surface area contributed by atoms with Crippen LogP contribution in [-0.4, -0.2) is 15.8 Å². The zero-order valence-corrected chi connectivity index (χ0v) is 13.7. The van der Waals surface area contributed by atoms with Crippen LogP contribution in [-0.2, 0) is 13.5 Å². The van der Waals surface area contributed by atoms with Gasteiger partial charge in [-0.1, -0.05) is 24.6 Å². The molecule has 0 spiro atoms. The fourth-order valence-electron chi connectivity index (χ4n) is 2.24. The number of hydrogen-bond acceptors (Lipinski definition) is 3. The SMILES string of the molecule is CCC(N)Cc1c(C)nn(C)c1Oc1cc(Cl)ccc1C. The molecule has 114 valence electrons. The average Bonchev–Trinajstić information content (AvgIpc) is 2.69. The van der Waals surface area contributed by atoms with E-state index in [1.165, 1.54) is 0 Å². The van der Waals surface area contributed by atoms with Crippen molar-refractivity contribution in [2.24, 2.45) is 12.8 Å². The van der Waals surface area contributed by atoms with Gasteiger partial charge in [0.15, 0.2) is 0 Å². The highest BCUT2D eigenvalue weighted by Crippen LogP contribution is 2.31. The highest BCUT2D eigenvalue weighted by atomic mass is 35.5. The maximum Gasteiger partial charge on any atom is 0.221 e. The smallest absolute Gasteiger partial charge is 0.221 e. The van der Waals surface area contributed by atoms with E-state index in [2.05, 4.69) is 12.0 Å². The molecule has 5 heteroatoms. The molecule has 2 N–H and O–H groups in total. The largest absolute Gasteiger partial charge is 0.439 e. The first-order chi connectivity index (χ1) is 9.92. The summed E-state index contributed by atoms with van der Waals surface area (Å²) in [6, 6.07) is 5.73. The maximum atomic E-state index is 6.09. The molecule has 0 aliphatic heterocycles. The van der Waals surface area contributed by atoms with Crippen LogP contribution in [0.5, 0.6) is 11.6 Å². The van der Waals surface area contributed by atoms with Gasteiger partial charge in [0.1, 0.15) is 5.75 Å². The average molecular weight is 308 g/mol. The Morgan fingerprint density at radius 2 is 2.10 bits per heavy atom. The van der Waals surface area contributed by atoms with Crippen LogP contribution < -0.4 is 10.5 Å². The third kappa shape index (κ3) is 3.57. The van der Waals surface area contributed by atoms with E-state index < -0.39 is 0 Å². The van der Waals surface area contributed by atoms with E-state index in [0.29, 0.717) is 5.02 Å². The predicted octanol–water partition coefficient (Wildman–Crippen LogP) is 3.76. The van der Waals surface area contributed by atoms with E-state index in [4.69, 9.17) is 22.1 Å². The van der Waals surface area contributed by atoms with Crippen LogP contribution in [0.1, 0.15) is 30.2 Å². The number of aromatic nitrogens is 2. The monoisotopic (exact) mass is 307 g/mol. The summed E-state index contributed by atoms with van der Waals surface area (Å²) in [4.78, 5) is 0. The third-order valence-electron chi connectivity index (χ3n) is 3.64. The van der Waals surface area contributed by atoms with Crippen LogP contribution in [0.2, 0.25) is 5.02 Å². The van der Waals surface area contributed by atoms with Gasteiger partial charge < -0.3 is 10.5 Å². The molecule has 2 aromatic rings. The maximum absolute atomic E-state index is 6.09. The zero-order valence-electron chi connectivity index (χ0n) is 13.0. The summed E-state index contributed by atoms with van der Waals surface area (Å²) in [6.07, 6.45) is 1.68. The molecule has 1 unspecified atom stereocenters. The molecule has 0 aliphatic rings. The summed E-state index contributed by atoms with van der Waals surface area (Å²) in [6.45, 7) is 6.06. The van der Waals surface area contributed by atoms with Gasteiger partial charge in [-0.25, -0.2) is 4.68 Å². The Morgan fingerprint density at radius 1 is 1.38 bits per heavy atom. The molecule has 0 saturated heterocycles. The van der Waals surface area contributed by atoms with Crippen LogP contribution in [0.15, 0.2) is 18.2 Å². The van der Waals surface area contributed by atoms with E-state index in [1.807, 2.05) is 39.1 Å². The molecule has 0 saturated carbocycles. The van der Waals surface area contributed by atoms with Crippen molar-refractivity contribution in [1.82, 2.24) is 9.78 Å². The van der Waals surface area contributed by atoms with Crippen molar-refractivity contribution in [3.63, 3.8) is 0 Å². The van der Waals surface area contributed by atoms with Crippen LogP contribution in [0.25, 0.3) is 0 Å². The minimum Gasteiger partial charge on any atom is -0.439 e. The van der Waals surface area contributed by atoms with Crippen molar-refractivity contribution >= 4 is 11.6 Å². The fraction of sp³-hybridized carbons (Fsp3) is 0.438. The summed E-state index contributed by atoms with van der Waals surface area (Å²) >= 11 is 6.05. The van der Waals surface area contributed by atoms with Gasteiger partial charge in [-0.05, 0) is 44.4 Å². The second kappa shape index (κ2) is 6.50. The van der Waals surface area contributed by atoms with Gasteiger partial charge in [-0.15, -0.1) is 0 Å². The minimum absolute atomic E-state index is 0.107. The van der Waals surface area contributed by atoms with Gasteiger partial charge in [0.25, 0.3) is 0 Å². The Kier molecular flexibility index (Phi) is 4.91. The number of nitrogens with zero attached hydrogens (tertiary/aromatic N) is 2. The molecule has 4 nitrogen and oxygen atoms in total. The Morgan fingerprint density at radius 3 is 2.76 bits per heavy atom. The molecule has 1 heterocycles. The van der Waals surface area contributed by atoms with Crippen molar-refractivity contribution in [2.45, 2.75) is 39.7 Å². The number of ether oxygens (including phenoxy) is 1. The molecule has 21 heavy (non-hydrogen) atoms. The Balaban J connectivity index is 2.37. The van der Waals surface area contributed by atoms with E-state index >= 15 is 0 Å². The molecule has 0 aliphatic carbocycles. The molecular weight excluding hydrogens is 286 g/mol. The Hall–Kier alpha value is -1.52. The van der Waals surface area contributed by atoms with Crippen LogP contribution in [0.4, 0.5) is 0 Å². The van der Waals surface area contributed by atoms with Gasteiger partial charge in [-0.3, -0.25) is 0 Å². The van der Waals surface area contributed by atoms with Gasteiger partial charge >= 0.3 is 0 Å². The summed E-state index contributed by atoms with van der Waals surface area (Å²) in [5, 5.41) is 5.10. The van der Waals surface area contributed by atoms with E-state index in [1.54, 1.807) is 4.68 Å². The second-order valence-electron chi connectivity index (χ2n) is 5.38. The first-order valence-corrected chi connectivity index (χ1v) is 7.52. The number of rotatable bonds is 5. The number of halogens is 1. The van der Waals surface area contributed by atoms with Gasteiger partial charge in [0, 0.05) is 23.7 Å². The Bertz CT molecular complexity index is 637. The molecule has 2 rings (SSSR count). The lowest BCUT2D eigenvalue weighted by Gasteiger charge is -2.13. The summed E-state index contributed by atoms with van der Waals surface area (Å²) < 4.78 is 7.84. The van der Waals surface area contributed by atoms with Crippen LogP contribution in [0, 0.1) is 13.8 Å². The Labute approximate surface area is 130 Å². The van der Waals surface area contributed by atoms with Crippen molar-refractivity contribution in [2.75, 3.05) is 0 Å². The predicted molar refractivity (Wildman–Crippen MR) is 86.2 cm³/mol. The second-order valence-corrected chi connectivity index (χ2v) is 5.81. The van der Waals surface area contributed by atoms with Gasteiger partial charge in [-0.2, -0.15) is 5.10 Å². The highest BCUT2D eigenvalue weighted by molar-refractivity contribution is 6.30. The molecule has 0 radical (unpaired) electrons. The standard InChI is InChI=1S/C16H22ClN3O/c1-5-13(18)9-14-11(3)19-20(4)16(14)21-15-8-12(17)7-6-10(15)2/h6-8,13H,5,9,18H2,1-4H3. The topological polar surface area (TPSA) is 53.1 Å². The molecule has 0 amide bonds. The number of aryl methyl sites for hydroxylation is 3. The van der Waals surface area contributed by atoms with Crippen molar-refractivity contribution in [3.05, 3.63) is 40.0 Å². The van der Waals surface area contributed by atoms with E-state index in [0.717, 1.165) is 41.3 Å². The molecular formula is C16H22ClN3O. The minimum atomic E-state index is 0.107. The number of nitrogens with two attached hydrogens (primary N) is 1. The number of hydrogen-bond donors (Lipinski definition) is 1. The normalized spacial score (nSPS) is 12.5. The summed E-state index contributed by atoms with van der Waals surface area (Å²) in [5.41, 5.74) is 9.13. The quantitative estimate of drug-likeness (QED) is 0.915. The van der Waals surface area contributed by atoms with Crippen molar-refractivity contribution in [1.29, 1.82) is 0 Å². The lowest BCUT2D eigenvalue weighted by molar-refractivity contribution is 0.421. The third-order valence-corrected chi connectivity index (χ3v) is 3.87. The summed E-state index contributed by atoms with van der Waals surface area (Å²) in [5.74, 6) is 1.48. The first-order valence-electron chi connectivity index (χ1n) is 7.14. The van der Waals surface area contributed by atoms with Crippen molar-refractivity contribution in [3.8, 4) is 11.6 Å². The first kappa shape index (κ1) is 15.9. The van der Waals surface area contributed by atoms with Crippen molar-refractivity contribution < 1.29 is 4.74 Å². The highest BCUT2D eigenvalue weighted by Gasteiger charge is 2.18. The summed E-state index contributed by atoms with van der Waals surface area (Å²) in [7, 11) is 1.88. The lowest BCUT2D eigenvalue weighted by Crippen LogP contribution is -2.21. The van der Waals surface area contributed by atoms with E-state index in [9.17, 15) is 0 Å². The fourth-order valence-corrected chi connectivity index (χ4v) is 2.40. The number of benzene rings is 1. The molecule has 1 atom stereocenters. The van der Waals surface area contributed by atoms with Gasteiger partial charge in [0.2, 0.25) is 5.88 Å². The lowest BCUT2D eigenvalue weighted by atomic mass is 10.1. The van der Waals surface area contributed by atoms with Gasteiger partial charge in [0.05, 0.1) is 5.69 Å².